The van der Waals surface area contributed by atoms with Gasteiger partial charge in [-0.05, 0) is 47.9 Å². The van der Waals surface area contributed by atoms with Crippen molar-refractivity contribution in [2.45, 2.75) is 25.9 Å². The number of benzene rings is 2. The minimum absolute atomic E-state index is 0.00301. The molecule has 0 aliphatic carbocycles. The highest BCUT2D eigenvalue weighted by Gasteiger charge is 2.23. The number of nitrogens with two attached hydrogens (primary N) is 1. The number of carboxylic acids is 1. The molecule has 1 atom stereocenters. The van der Waals surface area contributed by atoms with Gasteiger partial charge >= 0.3 is 5.69 Å². The average molecular weight is 583 g/mol. The van der Waals surface area contributed by atoms with E-state index in [2.05, 4.69) is 25.3 Å². The molecule has 13 heteroatoms. The number of hydrogen-bond acceptors (Lipinski definition) is 9. The molecule has 0 fully saturated rings. The Labute approximate surface area is 246 Å². The first-order chi connectivity index (χ1) is 20.7. The van der Waals surface area contributed by atoms with Gasteiger partial charge in [0.05, 0.1) is 7.11 Å². The molecule has 220 valence electrons. The molecule has 0 radical (unpaired) electrons. The van der Waals surface area contributed by atoms with E-state index < -0.39 is 11.7 Å². The highest BCUT2D eigenvalue weighted by Crippen LogP contribution is 2.34. The number of aromatic amines is 1. The highest BCUT2D eigenvalue weighted by atomic mass is 16.5. The number of nitrogens with one attached hydrogen (secondary N) is 2. The zero-order valence-corrected chi connectivity index (χ0v) is 23.5. The summed E-state index contributed by atoms with van der Waals surface area (Å²) in [5.74, 6) is 0.702. The Kier molecular flexibility index (Phi) is 9.92. The molecule has 5 aromatic rings. The SMILES string of the molecule is CC(=O)O.COc1cc(C(Cc2ccc(C(=N)N)cc2)c2nn(-c3cccnn3)c(=O)[nH]2)ccc1OCc1cccnc1. The van der Waals surface area contributed by atoms with E-state index in [-0.39, 0.29) is 11.8 Å². The Morgan fingerprint density at radius 2 is 1.81 bits per heavy atom. The summed E-state index contributed by atoms with van der Waals surface area (Å²) in [6, 6.07) is 20.2. The summed E-state index contributed by atoms with van der Waals surface area (Å²) in [7, 11) is 1.58. The van der Waals surface area contributed by atoms with E-state index in [0.29, 0.717) is 41.7 Å². The Morgan fingerprint density at radius 3 is 2.44 bits per heavy atom. The molecule has 0 aliphatic heterocycles. The van der Waals surface area contributed by atoms with Crippen molar-refractivity contribution in [1.82, 2.24) is 29.9 Å². The molecule has 0 saturated heterocycles. The van der Waals surface area contributed by atoms with Crippen LogP contribution in [0.15, 0.2) is 90.1 Å². The number of rotatable bonds is 10. The molecule has 2 aromatic carbocycles. The van der Waals surface area contributed by atoms with Crippen LogP contribution in [0.3, 0.4) is 0 Å². The van der Waals surface area contributed by atoms with Gasteiger partial charge in [0.1, 0.15) is 18.3 Å². The summed E-state index contributed by atoms with van der Waals surface area (Å²) in [6.45, 7) is 1.42. The van der Waals surface area contributed by atoms with E-state index in [1.54, 1.807) is 43.8 Å². The summed E-state index contributed by atoms with van der Waals surface area (Å²) >= 11 is 0. The Balaban J connectivity index is 0.000000996. The van der Waals surface area contributed by atoms with Crippen LogP contribution in [0, 0.1) is 5.41 Å². The maximum atomic E-state index is 12.8. The van der Waals surface area contributed by atoms with Gasteiger partial charge in [-0.3, -0.25) is 20.2 Å². The lowest BCUT2D eigenvalue weighted by Crippen LogP contribution is -2.17. The van der Waals surface area contributed by atoms with Gasteiger partial charge < -0.3 is 20.3 Å². The molecule has 5 N–H and O–H groups in total. The van der Waals surface area contributed by atoms with Gasteiger partial charge in [0, 0.05) is 42.6 Å². The highest BCUT2D eigenvalue weighted by molar-refractivity contribution is 5.94. The zero-order chi connectivity index (χ0) is 30.8. The molecule has 0 aliphatic rings. The minimum Gasteiger partial charge on any atom is -0.493 e. The van der Waals surface area contributed by atoms with E-state index in [9.17, 15) is 4.79 Å². The van der Waals surface area contributed by atoms with Crippen molar-refractivity contribution >= 4 is 11.8 Å². The summed E-state index contributed by atoms with van der Waals surface area (Å²) in [5.41, 5.74) is 8.59. The van der Waals surface area contributed by atoms with E-state index in [1.165, 1.54) is 10.9 Å². The molecule has 0 saturated carbocycles. The first-order valence-electron chi connectivity index (χ1n) is 13.0. The van der Waals surface area contributed by atoms with Gasteiger partial charge in [-0.15, -0.1) is 10.2 Å². The van der Waals surface area contributed by atoms with Gasteiger partial charge in [-0.2, -0.15) is 9.78 Å². The molecule has 3 aromatic heterocycles. The van der Waals surface area contributed by atoms with E-state index in [1.807, 2.05) is 42.5 Å². The average Bonchev–Trinajstić information content (AvgIpc) is 3.40. The summed E-state index contributed by atoms with van der Waals surface area (Å²) in [4.78, 5) is 28.8. The molecule has 0 amide bonds. The molecule has 3 heterocycles. The maximum absolute atomic E-state index is 12.8. The number of nitrogens with zero attached hydrogens (tertiary/aromatic N) is 5. The van der Waals surface area contributed by atoms with Crippen LogP contribution < -0.4 is 20.9 Å². The third kappa shape index (κ3) is 8.10. The van der Waals surface area contributed by atoms with Gasteiger partial charge in [-0.1, -0.05) is 36.4 Å². The van der Waals surface area contributed by atoms with E-state index in [0.717, 1.165) is 23.6 Å². The Morgan fingerprint density at radius 1 is 1.07 bits per heavy atom. The number of carbonyl (C=O) groups is 1. The number of H-pyrrole nitrogens is 1. The standard InChI is InChI=1S/C28H26N8O3.C2H4O2/c1-38-24-15-21(10-11-23(24)39-17-19-4-2-12-31-16-19)22(14-18-6-8-20(9-7-18)26(29)30)27-33-28(37)36(35-27)25-5-3-13-32-34-25;1-2(3)4/h2-13,15-16,22H,14,17H2,1H3,(H3,29,30)(H,33,35,37);1H3,(H,3,4). The zero-order valence-electron chi connectivity index (χ0n) is 23.5. The van der Waals surface area contributed by atoms with Gasteiger partial charge in [0.25, 0.3) is 5.97 Å². The summed E-state index contributed by atoms with van der Waals surface area (Å²) < 4.78 is 12.8. The lowest BCUT2D eigenvalue weighted by Gasteiger charge is -2.18. The topological polar surface area (TPSA) is 195 Å². The molecule has 13 nitrogen and oxygen atoms in total. The maximum Gasteiger partial charge on any atom is 0.349 e. The largest absolute Gasteiger partial charge is 0.493 e. The number of pyridine rings is 1. The van der Waals surface area contributed by atoms with Crippen LogP contribution >= 0.6 is 0 Å². The van der Waals surface area contributed by atoms with Crippen molar-refractivity contribution in [2.75, 3.05) is 7.11 Å². The molecule has 5 rings (SSSR count). The van der Waals surface area contributed by atoms with Gasteiger partial charge in [0.15, 0.2) is 17.3 Å². The fourth-order valence-electron chi connectivity index (χ4n) is 4.15. The van der Waals surface area contributed by atoms with Crippen LogP contribution in [0.1, 0.15) is 40.9 Å². The predicted molar refractivity (Wildman–Crippen MR) is 158 cm³/mol. The third-order valence-corrected chi connectivity index (χ3v) is 6.15. The number of hydrogen-bond donors (Lipinski definition) is 4. The Bertz CT molecular complexity index is 1720. The second-order valence-electron chi connectivity index (χ2n) is 9.26. The first-order valence-corrected chi connectivity index (χ1v) is 13.0. The number of aliphatic carboxylic acids is 1. The fraction of sp³-hybridized carbons (Fsp3) is 0.167. The number of ether oxygens (including phenoxy) is 2. The van der Waals surface area contributed by atoms with Crippen molar-refractivity contribution in [3.8, 4) is 17.3 Å². The van der Waals surface area contributed by atoms with Crippen molar-refractivity contribution in [2.24, 2.45) is 5.73 Å². The van der Waals surface area contributed by atoms with Crippen LogP contribution in [0.2, 0.25) is 0 Å². The molecular weight excluding hydrogens is 552 g/mol. The molecular formula is C30H30N8O5. The number of nitrogen functional groups attached to an aromatic ring is 1. The van der Waals surface area contributed by atoms with E-state index >= 15 is 0 Å². The quantitative estimate of drug-likeness (QED) is 0.140. The molecule has 1 unspecified atom stereocenters. The molecule has 43 heavy (non-hydrogen) atoms. The van der Waals surface area contributed by atoms with Crippen LogP contribution in [-0.4, -0.2) is 54.0 Å². The second kappa shape index (κ2) is 14.2. The van der Waals surface area contributed by atoms with Crippen LogP contribution in [0.25, 0.3) is 5.82 Å². The minimum atomic E-state index is -0.833. The van der Waals surface area contributed by atoms with Crippen molar-refractivity contribution < 1.29 is 19.4 Å². The van der Waals surface area contributed by atoms with Crippen LogP contribution in [0.4, 0.5) is 0 Å². The van der Waals surface area contributed by atoms with Crippen LogP contribution in [0.5, 0.6) is 11.5 Å². The lowest BCUT2D eigenvalue weighted by atomic mass is 9.90. The second-order valence-corrected chi connectivity index (χ2v) is 9.26. The van der Waals surface area contributed by atoms with Gasteiger partial charge in [0.2, 0.25) is 0 Å². The van der Waals surface area contributed by atoms with Gasteiger partial charge in [-0.25, -0.2) is 4.79 Å². The Hall–Kier alpha value is -5.85. The smallest absolute Gasteiger partial charge is 0.349 e. The van der Waals surface area contributed by atoms with Crippen molar-refractivity contribution in [3.63, 3.8) is 0 Å². The first kappa shape index (κ1) is 30.1. The third-order valence-electron chi connectivity index (χ3n) is 6.15. The van der Waals surface area contributed by atoms with Crippen molar-refractivity contribution in [1.29, 1.82) is 5.41 Å². The number of amidine groups is 1. The van der Waals surface area contributed by atoms with Crippen LogP contribution in [-0.2, 0) is 17.8 Å². The lowest BCUT2D eigenvalue weighted by molar-refractivity contribution is -0.134. The monoisotopic (exact) mass is 582 g/mol. The number of carboxylic acid groups (broad SMARTS) is 1. The molecule has 0 bridgehead atoms. The number of methoxy groups -OCH3 is 1. The number of aromatic nitrogens is 6. The summed E-state index contributed by atoms with van der Waals surface area (Å²) in [6.07, 6.45) is 5.49. The normalized spacial score (nSPS) is 11.1. The van der Waals surface area contributed by atoms with Crippen molar-refractivity contribution in [3.05, 3.63) is 124 Å². The fourth-order valence-corrected chi connectivity index (χ4v) is 4.15. The summed E-state index contributed by atoms with van der Waals surface area (Å²) in [5, 5.41) is 27.5. The van der Waals surface area contributed by atoms with E-state index in [4.69, 9.17) is 30.5 Å². The predicted octanol–water partition coefficient (Wildman–Crippen LogP) is 3.08. The molecule has 0 spiro atoms.